The molecule has 0 aliphatic carbocycles. The molecule has 0 unspecified atom stereocenters. The summed E-state index contributed by atoms with van der Waals surface area (Å²) in [6.07, 6.45) is -4.65. The summed E-state index contributed by atoms with van der Waals surface area (Å²) in [5, 5.41) is 2.94. The number of halogens is 3. The number of nitrogens with zero attached hydrogens (tertiary/aromatic N) is 2. The van der Waals surface area contributed by atoms with Crippen molar-refractivity contribution in [2.45, 2.75) is 56.4 Å². The molecule has 4 aromatic carbocycles. The second-order valence-corrected chi connectivity index (χ2v) is 13.7. The van der Waals surface area contributed by atoms with Crippen molar-refractivity contribution < 1.29 is 31.2 Å². The van der Waals surface area contributed by atoms with Crippen molar-refractivity contribution in [2.24, 2.45) is 0 Å². The van der Waals surface area contributed by atoms with Gasteiger partial charge in [0.05, 0.1) is 16.1 Å². The van der Waals surface area contributed by atoms with Crippen LogP contribution in [0.25, 0.3) is 0 Å². The molecule has 0 aliphatic rings. The van der Waals surface area contributed by atoms with E-state index >= 15 is 0 Å². The third-order valence-corrected chi connectivity index (χ3v) is 8.82. The SMILES string of the molecule is CC(C)(C)NC(=O)[C@H](Cc1ccccc1)N(Cc1ccccc1)C(=O)CN(c1cccc(C(F)(F)F)c1)S(=O)(=O)c1ccccc1. The Morgan fingerprint density at radius 3 is 1.85 bits per heavy atom. The van der Waals surface area contributed by atoms with E-state index in [0.717, 1.165) is 17.7 Å². The Bertz CT molecular complexity index is 1730. The van der Waals surface area contributed by atoms with Crippen molar-refractivity contribution in [3.8, 4) is 0 Å². The van der Waals surface area contributed by atoms with Crippen molar-refractivity contribution in [1.29, 1.82) is 0 Å². The van der Waals surface area contributed by atoms with E-state index in [-0.39, 0.29) is 23.5 Å². The monoisotopic (exact) mass is 651 g/mol. The lowest BCUT2D eigenvalue weighted by atomic mass is 10.0. The van der Waals surface area contributed by atoms with Gasteiger partial charge < -0.3 is 10.2 Å². The fourth-order valence-electron chi connectivity index (χ4n) is 4.87. The van der Waals surface area contributed by atoms with Crippen LogP contribution in [0, 0.1) is 0 Å². The molecule has 0 saturated carbocycles. The topological polar surface area (TPSA) is 86.8 Å². The van der Waals surface area contributed by atoms with Crippen molar-refractivity contribution >= 4 is 27.5 Å². The molecule has 0 radical (unpaired) electrons. The van der Waals surface area contributed by atoms with E-state index in [9.17, 15) is 31.2 Å². The van der Waals surface area contributed by atoms with Gasteiger partial charge in [-0.25, -0.2) is 8.42 Å². The lowest BCUT2D eigenvalue weighted by Gasteiger charge is -2.35. The van der Waals surface area contributed by atoms with Gasteiger partial charge in [-0.1, -0.05) is 84.9 Å². The standard InChI is InChI=1S/C35H36F3N3O4S/c1-34(2,3)39-33(43)31(22-26-14-7-4-8-15-26)40(24-27-16-9-5-10-17-27)32(42)25-41(46(44,45)30-20-11-6-12-21-30)29-19-13-18-28(23-29)35(36,37)38/h4-21,23,31H,22,24-25H2,1-3H3,(H,39,43)/t31-/m0/s1. The summed E-state index contributed by atoms with van der Waals surface area (Å²) in [7, 11) is -4.53. The van der Waals surface area contributed by atoms with Gasteiger partial charge in [-0.2, -0.15) is 13.2 Å². The maximum absolute atomic E-state index is 14.4. The number of alkyl halides is 3. The maximum atomic E-state index is 14.4. The van der Waals surface area contributed by atoms with Crippen LogP contribution >= 0.6 is 0 Å². The molecule has 0 aromatic heterocycles. The summed E-state index contributed by atoms with van der Waals surface area (Å²) in [6, 6.07) is 27.8. The normalized spacial score (nSPS) is 12.7. The average Bonchev–Trinajstić information content (AvgIpc) is 3.01. The Kier molecular flexibility index (Phi) is 10.6. The number of carbonyl (C=O) groups is 2. The first kappa shape index (κ1) is 34.2. The lowest BCUT2D eigenvalue weighted by Crippen LogP contribution is -2.56. The number of benzene rings is 4. The fraction of sp³-hybridized carbons (Fsp3) is 0.257. The van der Waals surface area contributed by atoms with Crippen LogP contribution in [0.1, 0.15) is 37.5 Å². The molecule has 0 fully saturated rings. The summed E-state index contributed by atoms with van der Waals surface area (Å²) < 4.78 is 69.8. The van der Waals surface area contributed by atoms with Crippen LogP contribution in [0.15, 0.2) is 120 Å². The molecule has 0 bridgehead atoms. The lowest BCUT2D eigenvalue weighted by molar-refractivity contribution is -0.140. The van der Waals surface area contributed by atoms with Crippen molar-refractivity contribution in [3.05, 3.63) is 132 Å². The molecule has 4 aromatic rings. The Labute approximate surface area is 267 Å². The van der Waals surface area contributed by atoms with Crippen LogP contribution in [0.2, 0.25) is 0 Å². The fourth-order valence-corrected chi connectivity index (χ4v) is 6.30. The number of sulfonamides is 1. The van der Waals surface area contributed by atoms with E-state index in [1.54, 1.807) is 69.3 Å². The van der Waals surface area contributed by atoms with E-state index in [0.29, 0.717) is 15.9 Å². The molecule has 1 N–H and O–H groups in total. The van der Waals surface area contributed by atoms with E-state index in [1.807, 2.05) is 18.2 Å². The van der Waals surface area contributed by atoms with Crippen molar-refractivity contribution in [2.75, 3.05) is 10.8 Å². The van der Waals surface area contributed by atoms with Gasteiger partial charge >= 0.3 is 6.18 Å². The predicted molar refractivity (Wildman–Crippen MR) is 171 cm³/mol. The van der Waals surface area contributed by atoms with Crippen molar-refractivity contribution in [3.63, 3.8) is 0 Å². The molecule has 1 atom stereocenters. The molecule has 0 aliphatic heterocycles. The van der Waals surface area contributed by atoms with E-state index < -0.39 is 51.7 Å². The Morgan fingerprint density at radius 1 is 0.761 bits per heavy atom. The van der Waals surface area contributed by atoms with Crippen LogP contribution in [0.3, 0.4) is 0 Å². The zero-order valence-electron chi connectivity index (χ0n) is 25.7. The minimum atomic E-state index is -4.76. The molecule has 4 rings (SSSR count). The molecule has 46 heavy (non-hydrogen) atoms. The van der Waals surface area contributed by atoms with Gasteiger partial charge in [0, 0.05) is 18.5 Å². The summed E-state index contributed by atoms with van der Waals surface area (Å²) >= 11 is 0. The molecule has 0 heterocycles. The zero-order valence-corrected chi connectivity index (χ0v) is 26.6. The van der Waals surface area contributed by atoms with Crippen LogP contribution in [-0.4, -0.2) is 43.3 Å². The minimum absolute atomic E-state index is 0.0590. The average molecular weight is 652 g/mol. The highest BCUT2D eigenvalue weighted by Crippen LogP contribution is 2.33. The Hall–Kier alpha value is -4.64. The number of carbonyl (C=O) groups excluding carboxylic acids is 2. The Morgan fingerprint density at radius 2 is 1.30 bits per heavy atom. The van der Waals surface area contributed by atoms with Gasteiger partial charge in [0.1, 0.15) is 12.6 Å². The number of hydrogen-bond donors (Lipinski definition) is 1. The van der Waals surface area contributed by atoms with Gasteiger partial charge in [0.25, 0.3) is 10.0 Å². The van der Waals surface area contributed by atoms with Crippen LogP contribution in [0.4, 0.5) is 18.9 Å². The molecule has 7 nitrogen and oxygen atoms in total. The second kappa shape index (κ2) is 14.2. The number of hydrogen-bond acceptors (Lipinski definition) is 4. The van der Waals surface area contributed by atoms with Gasteiger partial charge in [-0.15, -0.1) is 0 Å². The first-order valence-electron chi connectivity index (χ1n) is 14.6. The molecule has 0 saturated heterocycles. The number of amides is 2. The van der Waals surface area contributed by atoms with Crippen molar-refractivity contribution in [1.82, 2.24) is 10.2 Å². The third-order valence-electron chi connectivity index (χ3n) is 7.04. The first-order chi connectivity index (χ1) is 21.6. The molecule has 11 heteroatoms. The van der Waals surface area contributed by atoms with Gasteiger partial charge in [-0.3, -0.25) is 13.9 Å². The highest BCUT2D eigenvalue weighted by atomic mass is 32.2. The first-order valence-corrected chi connectivity index (χ1v) is 16.0. The van der Waals surface area contributed by atoms with Crippen LogP contribution in [0.5, 0.6) is 0 Å². The van der Waals surface area contributed by atoms with Gasteiger partial charge in [-0.05, 0) is 62.2 Å². The Balaban J connectivity index is 1.84. The largest absolute Gasteiger partial charge is 0.416 e. The third kappa shape index (κ3) is 8.97. The van der Waals surface area contributed by atoms with E-state index in [1.165, 1.54) is 35.2 Å². The summed E-state index contributed by atoms with van der Waals surface area (Å²) in [5.41, 5.74) is -0.638. The molecular formula is C35H36F3N3O4S. The summed E-state index contributed by atoms with van der Waals surface area (Å²) in [6.45, 7) is 4.48. The maximum Gasteiger partial charge on any atom is 0.416 e. The van der Waals surface area contributed by atoms with Gasteiger partial charge in [0.15, 0.2) is 0 Å². The quantitative estimate of drug-likeness (QED) is 0.202. The van der Waals surface area contributed by atoms with E-state index in [2.05, 4.69) is 5.32 Å². The number of nitrogens with one attached hydrogen (secondary N) is 1. The molecule has 242 valence electrons. The van der Waals surface area contributed by atoms with Crippen LogP contribution < -0.4 is 9.62 Å². The molecule has 2 amide bonds. The van der Waals surface area contributed by atoms with Gasteiger partial charge in [0.2, 0.25) is 11.8 Å². The second-order valence-electron chi connectivity index (χ2n) is 11.8. The van der Waals surface area contributed by atoms with E-state index in [4.69, 9.17) is 0 Å². The highest BCUT2D eigenvalue weighted by Gasteiger charge is 2.37. The smallest absolute Gasteiger partial charge is 0.350 e. The predicted octanol–water partition coefficient (Wildman–Crippen LogP) is 6.46. The highest BCUT2D eigenvalue weighted by molar-refractivity contribution is 7.92. The minimum Gasteiger partial charge on any atom is -0.350 e. The number of anilines is 1. The molecular weight excluding hydrogens is 615 g/mol. The number of rotatable bonds is 11. The molecule has 0 spiro atoms. The summed E-state index contributed by atoms with van der Waals surface area (Å²) in [4.78, 5) is 29.4. The summed E-state index contributed by atoms with van der Waals surface area (Å²) in [5.74, 6) is -1.23. The zero-order chi connectivity index (χ0) is 33.5. The van der Waals surface area contributed by atoms with Crippen LogP contribution in [-0.2, 0) is 38.8 Å².